The SMILES string of the molecule is Cc1ccc2nc(N3CCc4ccc(Cl)c(Cl)c4C3)sc2n1. The molecule has 0 saturated heterocycles. The molecule has 3 nitrogen and oxygen atoms in total. The minimum atomic E-state index is 0.615. The monoisotopic (exact) mass is 349 g/mol. The predicted molar refractivity (Wildman–Crippen MR) is 93.4 cm³/mol. The Labute approximate surface area is 142 Å². The predicted octanol–water partition coefficient (Wildman–Crippen LogP) is 4.87. The molecule has 1 aliphatic heterocycles. The van der Waals surface area contributed by atoms with Crippen LogP contribution in [0.2, 0.25) is 10.0 Å². The molecular weight excluding hydrogens is 337 g/mol. The number of halogens is 2. The summed E-state index contributed by atoms with van der Waals surface area (Å²) in [5.41, 5.74) is 4.36. The average Bonchev–Trinajstić information content (AvgIpc) is 2.94. The van der Waals surface area contributed by atoms with Crippen LogP contribution in [0.25, 0.3) is 10.3 Å². The van der Waals surface area contributed by atoms with Crippen molar-refractivity contribution in [2.24, 2.45) is 0 Å². The minimum absolute atomic E-state index is 0.615. The summed E-state index contributed by atoms with van der Waals surface area (Å²) in [6, 6.07) is 7.97. The van der Waals surface area contributed by atoms with Crippen molar-refractivity contribution in [3.63, 3.8) is 0 Å². The number of fused-ring (bicyclic) bond motifs is 2. The maximum absolute atomic E-state index is 6.38. The first-order valence-electron chi connectivity index (χ1n) is 7.07. The molecule has 6 heteroatoms. The molecule has 0 spiro atoms. The molecule has 0 fully saturated rings. The van der Waals surface area contributed by atoms with E-state index in [0.717, 1.165) is 46.2 Å². The summed E-state index contributed by atoms with van der Waals surface area (Å²) in [6.45, 7) is 3.68. The fourth-order valence-electron chi connectivity index (χ4n) is 2.76. The van der Waals surface area contributed by atoms with Crippen molar-refractivity contribution in [2.75, 3.05) is 11.4 Å². The molecular formula is C16H13Cl2N3S. The topological polar surface area (TPSA) is 29.0 Å². The van der Waals surface area contributed by atoms with Crippen LogP contribution in [0.4, 0.5) is 5.13 Å². The molecule has 1 aliphatic rings. The van der Waals surface area contributed by atoms with E-state index in [9.17, 15) is 0 Å². The Hall–Kier alpha value is -1.36. The zero-order chi connectivity index (χ0) is 15.3. The maximum Gasteiger partial charge on any atom is 0.188 e. The molecule has 0 bridgehead atoms. The average molecular weight is 350 g/mol. The Morgan fingerprint density at radius 3 is 2.86 bits per heavy atom. The third-order valence-corrected chi connectivity index (χ3v) is 5.82. The van der Waals surface area contributed by atoms with Crippen molar-refractivity contribution in [1.82, 2.24) is 9.97 Å². The van der Waals surface area contributed by atoms with E-state index in [2.05, 4.69) is 16.0 Å². The Morgan fingerprint density at radius 2 is 2.00 bits per heavy atom. The fourth-order valence-corrected chi connectivity index (χ4v) is 4.19. The number of aryl methyl sites for hydroxylation is 1. The van der Waals surface area contributed by atoms with E-state index in [1.807, 2.05) is 25.1 Å². The summed E-state index contributed by atoms with van der Waals surface area (Å²) in [6.07, 6.45) is 0.953. The van der Waals surface area contributed by atoms with Gasteiger partial charge in [-0.2, -0.15) is 0 Å². The lowest BCUT2D eigenvalue weighted by Gasteiger charge is -2.29. The number of hydrogen-bond acceptors (Lipinski definition) is 4. The molecule has 3 heterocycles. The van der Waals surface area contributed by atoms with Crippen LogP contribution < -0.4 is 4.90 Å². The summed E-state index contributed by atoms with van der Waals surface area (Å²) in [5, 5.41) is 2.28. The molecule has 0 aliphatic carbocycles. The van der Waals surface area contributed by atoms with E-state index in [4.69, 9.17) is 28.2 Å². The summed E-state index contributed by atoms with van der Waals surface area (Å²) >= 11 is 14.2. The van der Waals surface area contributed by atoms with Gasteiger partial charge in [-0.05, 0) is 42.7 Å². The third-order valence-electron chi connectivity index (χ3n) is 3.95. The van der Waals surface area contributed by atoms with E-state index in [1.165, 1.54) is 5.56 Å². The van der Waals surface area contributed by atoms with Crippen LogP contribution in [0.1, 0.15) is 16.8 Å². The van der Waals surface area contributed by atoms with Crippen molar-refractivity contribution in [3.8, 4) is 0 Å². The summed E-state index contributed by atoms with van der Waals surface area (Å²) in [5.74, 6) is 0. The van der Waals surface area contributed by atoms with Gasteiger partial charge in [-0.25, -0.2) is 9.97 Å². The lowest BCUT2D eigenvalue weighted by atomic mass is 10.0. The van der Waals surface area contributed by atoms with Crippen LogP contribution in [0.5, 0.6) is 0 Å². The molecule has 0 radical (unpaired) electrons. The van der Waals surface area contributed by atoms with Gasteiger partial charge >= 0.3 is 0 Å². The van der Waals surface area contributed by atoms with Gasteiger partial charge in [0.25, 0.3) is 0 Å². The molecule has 22 heavy (non-hydrogen) atoms. The highest BCUT2D eigenvalue weighted by Gasteiger charge is 2.22. The van der Waals surface area contributed by atoms with Gasteiger partial charge in [0, 0.05) is 18.8 Å². The molecule has 1 aromatic carbocycles. The van der Waals surface area contributed by atoms with Crippen molar-refractivity contribution in [3.05, 3.63) is 51.1 Å². The van der Waals surface area contributed by atoms with Gasteiger partial charge in [-0.15, -0.1) is 0 Å². The van der Waals surface area contributed by atoms with Crippen LogP contribution in [0, 0.1) is 6.92 Å². The van der Waals surface area contributed by atoms with Gasteiger partial charge in [0.05, 0.1) is 10.0 Å². The van der Waals surface area contributed by atoms with Crippen molar-refractivity contribution < 1.29 is 0 Å². The molecule has 112 valence electrons. The van der Waals surface area contributed by atoms with E-state index < -0.39 is 0 Å². The lowest BCUT2D eigenvalue weighted by Crippen LogP contribution is -2.30. The van der Waals surface area contributed by atoms with Gasteiger partial charge in [0.2, 0.25) is 0 Å². The van der Waals surface area contributed by atoms with Gasteiger partial charge in [0.1, 0.15) is 10.3 Å². The Balaban J connectivity index is 1.72. The highest BCUT2D eigenvalue weighted by Crippen LogP contribution is 2.36. The van der Waals surface area contributed by atoms with E-state index in [-0.39, 0.29) is 0 Å². The smallest absolute Gasteiger partial charge is 0.188 e. The first kappa shape index (κ1) is 14.2. The Kier molecular flexibility index (Phi) is 3.48. The summed E-state index contributed by atoms with van der Waals surface area (Å²) in [7, 11) is 0. The quantitative estimate of drug-likeness (QED) is 0.627. The molecule has 0 saturated carbocycles. The number of hydrogen-bond donors (Lipinski definition) is 0. The first-order valence-corrected chi connectivity index (χ1v) is 8.64. The van der Waals surface area contributed by atoms with E-state index >= 15 is 0 Å². The van der Waals surface area contributed by atoms with Crippen molar-refractivity contribution in [1.29, 1.82) is 0 Å². The highest BCUT2D eigenvalue weighted by molar-refractivity contribution is 7.21. The zero-order valence-corrected chi connectivity index (χ0v) is 14.3. The zero-order valence-electron chi connectivity index (χ0n) is 11.9. The van der Waals surface area contributed by atoms with E-state index in [0.29, 0.717) is 10.0 Å². The number of benzene rings is 1. The second kappa shape index (κ2) is 5.37. The fraction of sp³-hybridized carbons (Fsp3) is 0.250. The number of anilines is 1. The van der Waals surface area contributed by atoms with E-state index in [1.54, 1.807) is 11.3 Å². The third kappa shape index (κ3) is 2.35. The van der Waals surface area contributed by atoms with Crippen LogP contribution in [-0.2, 0) is 13.0 Å². The number of pyridine rings is 1. The first-order chi connectivity index (χ1) is 10.6. The van der Waals surface area contributed by atoms with Crippen LogP contribution in [-0.4, -0.2) is 16.5 Å². The number of rotatable bonds is 1. The number of thiazole rings is 1. The molecule has 2 aromatic heterocycles. The Morgan fingerprint density at radius 1 is 1.14 bits per heavy atom. The number of aromatic nitrogens is 2. The van der Waals surface area contributed by atoms with Gasteiger partial charge in [-0.1, -0.05) is 40.6 Å². The minimum Gasteiger partial charge on any atom is -0.343 e. The highest BCUT2D eigenvalue weighted by atomic mass is 35.5. The second-order valence-electron chi connectivity index (χ2n) is 5.44. The second-order valence-corrected chi connectivity index (χ2v) is 7.19. The van der Waals surface area contributed by atoms with Gasteiger partial charge < -0.3 is 4.90 Å². The number of nitrogens with zero attached hydrogens (tertiary/aromatic N) is 3. The molecule has 4 rings (SSSR count). The largest absolute Gasteiger partial charge is 0.343 e. The van der Waals surface area contributed by atoms with Gasteiger partial charge in [-0.3, -0.25) is 0 Å². The normalized spacial score (nSPS) is 14.4. The molecule has 0 atom stereocenters. The molecule has 0 amide bonds. The maximum atomic E-state index is 6.38. The molecule has 3 aromatic rings. The lowest BCUT2D eigenvalue weighted by molar-refractivity contribution is 0.730. The summed E-state index contributed by atoms with van der Waals surface area (Å²) < 4.78 is 0. The Bertz CT molecular complexity index is 875. The van der Waals surface area contributed by atoms with Crippen LogP contribution >= 0.6 is 34.5 Å². The summed E-state index contributed by atoms with van der Waals surface area (Å²) in [4.78, 5) is 12.5. The van der Waals surface area contributed by atoms with Crippen LogP contribution in [0.3, 0.4) is 0 Å². The molecule has 0 N–H and O–H groups in total. The van der Waals surface area contributed by atoms with Crippen LogP contribution in [0.15, 0.2) is 24.3 Å². The van der Waals surface area contributed by atoms with Crippen molar-refractivity contribution in [2.45, 2.75) is 19.9 Å². The standard InChI is InChI=1S/C16H13Cl2N3S/c1-9-2-5-13-15(19-9)22-16(20-13)21-7-6-10-3-4-12(17)14(18)11(10)8-21/h2-5H,6-8H2,1H3. The molecule has 0 unspecified atom stereocenters. The van der Waals surface area contributed by atoms with Gasteiger partial charge in [0.15, 0.2) is 5.13 Å². The van der Waals surface area contributed by atoms with Crippen molar-refractivity contribution >= 4 is 50.0 Å².